The Labute approximate surface area is 165 Å². The molecular formula is C23H25ClN2O. The standard InChI is InChI=1S/C23H25ClN2O/c1-2-3-4-9-21(27)26-15-14-19-18-7-5-6-8-20(18)25-22(19)23(26)16-10-12-17(24)13-11-16/h5-8,10-13,23,25H,2-4,9,14-15H2,1H3. The molecule has 0 radical (unpaired) electrons. The van der Waals surface area contributed by atoms with Gasteiger partial charge in [-0.1, -0.05) is 61.7 Å². The van der Waals surface area contributed by atoms with Gasteiger partial charge in [-0.25, -0.2) is 0 Å². The molecule has 3 nitrogen and oxygen atoms in total. The Bertz CT molecular complexity index is 945. The van der Waals surface area contributed by atoms with Gasteiger partial charge in [0, 0.05) is 34.6 Å². The van der Waals surface area contributed by atoms with Gasteiger partial charge in [-0.15, -0.1) is 0 Å². The minimum absolute atomic E-state index is 0.0763. The normalized spacial score (nSPS) is 16.5. The number of hydrogen-bond donors (Lipinski definition) is 1. The van der Waals surface area contributed by atoms with Crippen molar-refractivity contribution in [2.45, 2.75) is 45.1 Å². The van der Waals surface area contributed by atoms with E-state index in [4.69, 9.17) is 11.6 Å². The number of aromatic amines is 1. The quantitative estimate of drug-likeness (QED) is 0.551. The van der Waals surface area contributed by atoms with Gasteiger partial charge in [0.15, 0.2) is 0 Å². The van der Waals surface area contributed by atoms with E-state index in [9.17, 15) is 4.79 Å². The van der Waals surface area contributed by atoms with Crippen molar-refractivity contribution in [2.24, 2.45) is 0 Å². The van der Waals surface area contributed by atoms with Crippen LogP contribution in [-0.2, 0) is 11.2 Å². The highest BCUT2D eigenvalue weighted by Gasteiger charge is 2.34. The number of fused-ring (bicyclic) bond motifs is 3. The van der Waals surface area contributed by atoms with Crippen molar-refractivity contribution in [3.05, 3.63) is 70.4 Å². The van der Waals surface area contributed by atoms with Crippen molar-refractivity contribution in [3.63, 3.8) is 0 Å². The number of carbonyl (C=O) groups is 1. The van der Waals surface area contributed by atoms with Crippen LogP contribution in [0.1, 0.15) is 55.5 Å². The molecule has 1 aromatic heterocycles. The first-order valence-corrected chi connectivity index (χ1v) is 10.2. The lowest BCUT2D eigenvalue weighted by Gasteiger charge is -2.36. The number of rotatable bonds is 5. The summed E-state index contributed by atoms with van der Waals surface area (Å²) in [5, 5.41) is 1.98. The van der Waals surface area contributed by atoms with Crippen molar-refractivity contribution in [3.8, 4) is 0 Å². The zero-order valence-corrected chi connectivity index (χ0v) is 16.4. The molecule has 0 aliphatic carbocycles. The van der Waals surface area contributed by atoms with Crippen molar-refractivity contribution >= 4 is 28.4 Å². The molecule has 27 heavy (non-hydrogen) atoms. The summed E-state index contributed by atoms with van der Waals surface area (Å²) in [6.45, 7) is 2.92. The maximum atomic E-state index is 13.0. The average Bonchev–Trinajstić information content (AvgIpc) is 3.07. The number of para-hydroxylation sites is 1. The van der Waals surface area contributed by atoms with E-state index in [1.807, 2.05) is 24.3 Å². The van der Waals surface area contributed by atoms with Crippen LogP contribution in [0.3, 0.4) is 0 Å². The highest BCUT2D eigenvalue weighted by molar-refractivity contribution is 6.30. The topological polar surface area (TPSA) is 36.1 Å². The van der Waals surface area contributed by atoms with E-state index in [1.165, 1.54) is 10.9 Å². The molecule has 0 saturated heterocycles. The molecule has 4 heteroatoms. The molecule has 0 fully saturated rings. The van der Waals surface area contributed by atoms with Gasteiger partial charge in [0.25, 0.3) is 0 Å². The monoisotopic (exact) mass is 380 g/mol. The van der Waals surface area contributed by atoms with Crippen LogP contribution in [0.4, 0.5) is 0 Å². The second kappa shape index (κ2) is 7.77. The summed E-state index contributed by atoms with van der Waals surface area (Å²) in [6, 6.07) is 16.2. The first-order chi connectivity index (χ1) is 13.2. The zero-order valence-electron chi connectivity index (χ0n) is 15.7. The smallest absolute Gasteiger partial charge is 0.223 e. The van der Waals surface area contributed by atoms with Crippen LogP contribution in [-0.4, -0.2) is 22.3 Å². The Morgan fingerprint density at radius 2 is 1.93 bits per heavy atom. The highest BCUT2D eigenvalue weighted by Crippen LogP contribution is 2.39. The third kappa shape index (κ3) is 3.49. The van der Waals surface area contributed by atoms with Crippen LogP contribution >= 0.6 is 11.6 Å². The van der Waals surface area contributed by atoms with Crippen LogP contribution in [0, 0.1) is 0 Å². The number of benzene rings is 2. The Kier molecular flexibility index (Phi) is 5.22. The van der Waals surface area contributed by atoms with Gasteiger partial charge in [-0.3, -0.25) is 4.79 Å². The summed E-state index contributed by atoms with van der Waals surface area (Å²) >= 11 is 6.11. The number of unbranched alkanes of at least 4 members (excludes halogenated alkanes) is 2. The molecule has 1 aliphatic rings. The van der Waals surface area contributed by atoms with Gasteiger partial charge in [-0.05, 0) is 42.2 Å². The number of nitrogens with one attached hydrogen (secondary N) is 1. The van der Waals surface area contributed by atoms with Gasteiger partial charge < -0.3 is 9.88 Å². The predicted molar refractivity (Wildman–Crippen MR) is 111 cm³/mol. The molecule has 0 spiro atoms. The summed E-state index contributed by atoms with van der Waals surface area (Å²) < 4.78 is 0. The Morgan fingerprint density at radius 3 is 2.70 bits per heavy atom. The number of H-pyrrole nitrogens is 1. The number of carbonyl (C=O) groups excluding carboxylic acids is 1. The second-order valence-electron chi connectivity index (χ2n) is 7.31. The van der Waals surface area contributed by atoms with E-state index in [0.717, 1.165) is 49.0 Å². The van der Waals surface area contributed by atoms with Gasteiger partial charge >= 0.3 is 0 Å². The highest BCUT2D eigenvalue weighted by atomic mass is 35.5. The van der Waals surface area contributed by atoms with Crippen LogP contribution in [0.2, 0.25) is 5.02 Å². The molecule has 2 heterocycles. The summed E-state index contributed by atoms with van der Waals surface area (Å²) in [6.07, 6.45) is 4.69. The fourth-order valence-corrected chi connectivity index (χ4v) is 4.30. The molecule has 1 aliphatic heterocycles. The predicted octanol–water partition coefficient (Wildman–Crippen LogP) is 5.88. The summed E-state index contributed by atoms with van der Waals surface area (Å²) in [7, 11) is 0. The summed E-state index contributed by atoms with van der Waals surface area (Å²) in [5.74, 6) is 0.243. The van der Waals surface area contributed by atoms with Crippen molar-refractivity contribution < 1.29 is 4.79 Å². The van der Waals surface area contributed by atoms with Crippen molar-refractivity contribution in [1.82, 2.24) is 9.88 Å². The molecule has 3 aromatic rings. The first-order valence-electron chi connectivity index (χ1n) is 9.83. The number of nitrogens with zero attached hydrogens (tertiary/aromatic N) is 1. The molecule has 2 aromatic carbocycles. The van der Waals surface area contributed by atoms with E-state index in [2.05, 4.69) is 41.1 Å². The third-order valence-corrected chi connectivity index (χ3v) is 5.79. The molecule has 4 rings (SSSR count). The van der Waals surface area contributed by atoms with Gasteiger partial charge in [0.1, 0.15) is 0 Å². The summed E-state index contributed by atoms with van der Waals surface area (Å²) in [5.41, 5.74) is 4.73. The number of amides is 1. The van der Waals surface area contributed by atoms with Crippen LogP contribution in [0.5, 0.6) is 0 Å². The fourth-order valence-electron chi connectivity index (χ4n) is 4.17. The van der Waals surface area contributed by atoms with Crippen LogP contribution in [0.25, 0.3) is 10.9 Å². The lowest BCUT2D eigenvalue weighted by molar-refractivity contribution is -0.133. The lowest BCUT2D eigenvalue weighted by atomic mass is 9.92. The van der Waals surface area contributed by atoms with Gasteiger partial charge in [-0.2, -0.15) is 0 Å². The maximum Gasteiger partial charge on any atom is 0.223 e. The van der Waals surface area contributed by atoms with E-state index in [1.54, 1.807) is 0 Å². The van der Waals surface area contributed by atoms with Gasteiger partial charge in [0.2, 0.25) is 5.91 Å². The second-order valence-corrected chi connectivity index (χ2v) is 7.75. The molecule has 0 bridgehead atoms. The van der Waals surface area contributed by atoms with E-state index in [0.29, 0.717) is 11.4 Å². The molecule has 1 unspecified atom stereocenters. The minimum Gasteiger partial charge on any atom is -0.356 e. The molecule has 140 valence electrons. The van der Waals surface area contributed by atoms with E-state index >= 15 is 0 Å². The minimum atomic E-state index is -0.0763. The molecular weight excluding hydrogens is 356 g/mol. The fraction of sp³-hybridized carbons (Fsp3) is 0.348. The van der Waals surface area contributed by atoms with Crippen LogP contribution in [0.15, 0.2) is 48.5 Å². The van der Waals surface area contributed by atoms with Crippen molar-refractivity contribution in [1.29, 1.82) is 0 Å². The Morgan fingerprint density at radius 1 is 1.15 bits per heavy atom. The van der Waals surface area contributed by atoms with E-state index in [-0.39, 0.29) is 11.9 Å². The lowest BCUT2D eigenvalue weighted by Crippen LogP contribution is -2.40. The Balaban J connectivity index is 1.76. The summed E-state index contributed by atoms with van der Waals surface area (Å²) in [4.78, 5) is 18.7. The third-order valence-electron chi connectivity index (χ3n) is 5.53. The van der Waals surface area contributed by atoms with Crippen LogP contribution < -0.4 is 0 Å². The molecule has 1 N–H and O–H groups in total. The SMILES string of the molecule is CCCCCC(=O)N1CCc2c([nH]c3ccccc23)C1c1ccc(Cl)cc1. The maximum absolute atomic E-state index is 13.0. The number of hydrogen-bond acceptors (Lipinski definition) is 1. The average molecular weight is 381 g/mol. The first kappa shape index (κ1) is 18.1. The number of halogens is 1. The van der Waals surface area contributed by atoms with Crippen molar-refractivity contribution in [2.75, 3.05) is 6.54 Å². The zero-order chi connectivity index (χ0) is 18.8. The number of aromatic nitrogens is 1. The van der Waals surface area contributed by atoms with Gasteiger partial charge in [0.05, 0.1) is 6.04 Å². The molecule has 1 amide bonds. The molecule has 1 atom stereocenters. The van der Waals surface area contributed by atoms with E-state index < -0.39 is 0 Å². The Hall–Kier alpha value is -2.26. The largest absolute Gasteiger partial charge is 0.356 e. The molecule has 0 saturated carbocycles.